The number of aliphatic hydroxyl groups excluding tert-OH is 1. The van der Waals surface area contributed by atoms with Crippen molar-refractivity contribution in [2.24, 2.45) is 0 Å². The molecule has 8 nitrogen and oxygen atoms in total. The first kappa shape index (κ1) is 26.2. The van der Waals surface area contributed by atoms with E-state index in [-0.39, 0.29) is 12.7 Å². The van der Waals surface area contributed by atoms with Crippen LogP contribution in [0.5, 0.6) is 5.19 Å². The van der Waals surface area contributed by atoms with Gasteiger partial charge >= 0.3 is 0 Å². The Labute approximate surface area is 225 Å². The molecule has 0 amide bonds. The minimum Gasteiger partial charge on any atom is -0.467 e. The van der Waals surface area contributed by atoms with E-state index < -0.39 is 11.0 Å². The van der Waals surface area contributed by atoms with Crippen molar-refractivity contribution in [3.05, 3.63) is 47.8 Å². The summed E-state index contributed by atoms with van der Waals surface area (Å²) < 4.78 is 21.7. The summed E-state index contributed by atoms with van der Waals surface area (Å²) in [6.45, 7) is 5.45. The van der Waals surface area contributed by atoms with Crippen LogP contribution < -0.4 is 9.64 Å². The second-order valence-electron chi connectivity index (χ2n) is 9.58. The highest BCUT2D eigenvalue weighted by molar-refractivity contribution is 7.82. The lowest BCUT2D eigenvalue weighted by Gasteiger charge is -2.31. The monoisotopic (exact) mass is 541 g/mol. The van der Waals surface area contributed by atoms with Crippen molar-refractivity contribution in [1.29, 1.82) is 0 Å². The number of fused-ring (bicyclic) bond motifs is 1. The quantitative estimate of drug-likeness (QED) is 0.411. The van der Waals surface area contributed by atoms with E-state index in [1.807, 2.05) is 16.7 Å². The summed E-state index contributed by atoms with van der Waals surface area (Å²) in [5.41, 5.74) is 4.63. The Morgan fingerprint density at radius 3 is 2.70 bits per heavy atom. The smallest absolute Gasteiger partial charge is 0.274 e. The molecular formula is C27H35N5O3S2. The fraction of sp³-hybridized carbons (Fsp3) is 0.519. The first-order chi connectivity index (χ1) is 18.1. The molecule has 3 aromatic rings. The maximum Gasteiger partial charge on any atom is 0.274 e. The van der Waals surface area contributed by atoms with Gasteiger partial charge in [-0.05, 0) is 48.1 Å². The van der Waals surface area contributed by atoms with Crippen LogP contribution >= 0.6 is 11.3 Å². The molecule has 198 valence electrons. The first-order valence-corrected chi connectivity index (χ1v) is 15.3. The van der Waals surface area contributed by atoms with Gasteiger partial charge in [0.2, 0.25) is 5.95 Å². The van der Waals surface area contributed by atoms with Crippen LogP contribution in [0.15, 0.2) is 36.7 Å². The predicted molar refractivity (Wildman–Crippen MR) is 150 cm³/mol. The number of aryl methyl sites for hydroxylation is 1. The largest absolute Gasteiger partial charge is 0.467 e. The molecule has 1 unspecified atom stereocenters. The molecule has 1 saturated heterocycles. The first-order valence-electron chi connectivity index (χ1n) is 13.2. The summed E-state index contributed by atoms with van der Waals surface area (Å²) in [7, 11) is -1.02. The van der Waals surface area contributed by atoms with Gasteiger partial charge in [-0.3, -0.25) is 0 Å². The summed E-state index contributed by atoms with van der Waals surface area (Å²) in [4.78, 5) is 16.1. The maximum absolute atomic E-state index is 12.3. The van der Waals surface area contributed by atoms with Crippen molar-refractivity contribution in [1.82, 2.24) is 19.3 Å². The zero-order chi connectivity index (χ0) is 25.6. The molecule has 1 atom stereocenters. The molecule has 5 rings (SSSR count). The molecule has 0 aliphatic carbocycles. The number of benzene rings is 1. The van der Waals surface area contributed by atoms with Gasteiger partial charge in [0.1, 0.15) is 6.10 Å². The number of hydrogen-bond donors (Lipinski definition) is 1. The standard InChI is InChI=1S/C27H35N5O3S2/c1-2-4-20-18-28-26(29-19-20)31-11-9-23(10-12-31)35-27-30-24-6-5-22(17-25(24)36-27)21-7-13-32(14-8-21)37(34)16-3-15-33/h5-7,17-19,23,33H,2-4,8-16H2,1H3. The molecule has 0 bridgehead atoms. The van der Waals surface area contributed by atoms with Gasteiger partial charge in [0.15, 0.2) is 0 Å². The molecule has 37 heavy (non-hydrogen) atoms. The molecule has 0 radical (unpaired) electrons. The summed E-state index contributed by atoms with van der Waals surface area (Å²) in [5.74, 6) is 1.33. The van der Waals surface area contributed by atoms with E-state index in [0.717, 1.165) is 73.1 Å². The van der Waals surface area contributed by atoms with Crippen molar-refractivity contribution < 1.29 is 14.1 Å². The van der Waals surface area contributed by atoms with Crippen LogP contribution in [0.2, 0.25) is 0 Å². The van der Waals surface area contributed by atoms with Crippen LogP contribution in [-0.4, -0.2) is 73.2 Å². The third-order valence-electron chi connectivity index (χ3n) is 6.90. The average Bonchev–Trinajstić information content (AvgIpc) is 3.34. The lowest BCUT2D eigenvalue weighted by atomic mass is 10.0. The van der Waals surface area contributed by atoms with Crippen LogP contribution in [0.3, 0.4) is 0 Å². The van der Waals surface area contributed by atoms with Gasteiger partial charge in [0, 0.05) is 63.8 Å². The molecule has 10 heteroatoms. The van der Waals surface area contributed by atoms with Crippen molar-refractivity contribution in [2.75, 3.05) is 43.4 Å². The van der Waals surface area contributed by atoms with Crippen LogP contribution in [-0.2, 0) is 17.4 Å². The highest BCUT2D eigenvalue weighted by Gasteiger charge is 2.24. The van der Waals surface area contributed by atoms with Gasteiger partial charge in [-0.2, -0.15) is 0 Å². The van der Waals surface area contributed by atoms with E-state index in [1.165, 1.54) is 16.7 Å². The normalized spacial score (nSPS) is 18.2. The third-order valence-corrected chi connectivity index (χ3v) is 9.35. The number of aromatic nitrogens is 3. The highest BCUT2D eigenvalue weighted by atomic mass is 32.2. The molecule has 4 heterocycles. The molecule has 2 aromatic heterocycles. The minimum absolute atomic E-state index is 0.0863. The Bertz CT molecular complexity index is 1240. The minimum atomic E-state index is -1.02. The lowest BCUT2D eigenvalue weighted by molar-refractivity contribution is 0.170. The zero-order valence-electron chi connectivity index (χ0n) is 21.3. The second-order valence-corrected chi connectivity index (χ2v) is 12.1. The molecule has 0 spiro atoms. The summed E-state index contributed by atoms with van der Waals surface area (Å²) in [6.07, 6.45) is 11.6. The Hall–Kier alpha value is -2.40. The van der Waals surface area contributed by atoms with Gasteiger partial charge < -0.3 is 14.7 Å². The van der Waals surface area contributed by atoms with E-state index in [0.29, 0.717) is 18.7 Å². The fourth-order valence-electron chi connectivity index (χ4n) is 4.81. The summed E-state index contributed by atoms with van der Waals surface area (Å²) in [5, 5.41) is 9.71. The van der Waals surface area contributed by atoms with E-state index in [2.05, 4.69) is 46.1 Å². The number of piperidine rings is 1. The Balaban J connectivity index is 1.16. The highest BCUT2D eigenvalue weighted by Crippen LogP contribution is 2.33. The number of nitrogens with zero attached hydrogens (tertiary/aromatic N) is 5. The number of hydrogen-bond acceptors (Lipinski definition) is 8. The molecule has 1 N–H and O–H groups in total. The average molecular weight is 542 g/mol. The fourth-order valence-corrected chi connectivity index (χ4v) is 6.90. The topological polar surface area (TPSA) is 91.7 Å². The summed E-state index contributed by atoms with van der Waals surface area (Å²) in [6, 6.07) is 6.40. The number of thiazole rings is 1. The van der Waals surface area contributed by atoms with Gasteiger partial charge in [-0.15, -0.1) is 0 Å². The SMILES string of the molecule is CCCc1cnc(N2CCC(Oc3nc4ccc(C5=CCN(S(=O)CCCO)CC5)cc4s3)CC2)nc1. The molecule has 2 aliphatic heterocycles. The Kier molecular flexibility index (Phi) is 8.81. The van der Waals surface area contributed by atoms with E-state index in [4.69, 9.17) is 14.8 Å². The predicted octanol–water partition coefficient (Wildman–Crippen LogP) is 4.22. The van der Waals surface area contributed by atoms with Crippen LogP contribution in [0, 0.1) is 0 Å². The van der Waals surface area contributed by atoms with Gasteiger partial charge in [0.05, 0.1) is 21.2 Å². The van der Waals surface area contributed by atoms with Crippen molar-refractivity contribution in [3.8, 4) is 5.19 Å². The number of ether oxygens (including phenoxy) is 1. The van der Waals surface area contributed by atoms with Crippen LogP contribution in [0.4, 0.5) is 5.95 Å². The zero-order valence-corrected chi connectivity index (χ0v) is 23.0. The third kappa shape index (κ3) is 6.54. The van der Waals surface area contributed by atoms with E-state index in [1.54, 1.807) is 11.3 Å². The molecule has 0 saturated carbocycles. The van der Waals surface area contributed by atoms with Gasteiger partial charge in [-0.25, -0.2) is 23.5 Å². The Morgan fingerprint density at radius 1 is 1.19 bits per heavy atom. The second kappa shape index (κ2) is 12.4. The number of anilines is 1. The molecule has 1 fully saturated rings. The van der Waals surface area contributed by atoms with E-state index >= 15 is 0 Å². The summed E-state index contributed by atoms with van der Waals surface area (Å²) >= 11 is 1.61. The Morgan fingerprint density at radius 2 is 2.00 bits per heavy atom. The molecule has 1 aromatic carbocycles. The van der Waals surface area contributed by atoms with Gasteiger partial charge in [0.25, 0.3) is 5.19 Å². The van der Waals surface area contributed by atoms with Crippen molar-refractivity contribution >= 4 is 44.1 Å². The molecule has 2 aliphatic rings. The van der Waals surface area contributed by atoms with Crippen molar-refractivity contribution in [2.45, 2.75) is 51.6 Å². The van der Waals surface area contributed by atoms with Crippen LogP contribution in [0.25, 0.3) is 15.8 Å². The number of aliphatic hydroxyl groups is 1. The van der Waals surface area contributed by atoms with Crippen molar-refractivity contribution in [3.63, 3.8) is 0 Å². The lowest BCUT2D eigenvalue weighted by Crippen LogP contribution is -2.39. The number of rotatable bonds is 10. The van der Waals surface area contributed by atoms with E-state index in [9.17, 15) is 4.21 Å². The van der Waals surface area contributed by atoms with Crippen LogP contribution in [0.1, 0.15) is 50.2 Å². The molecular weight excluding hydrogens is 506 g/mol. The maximum atomic E-state index is 12.3. The van der Waals surface area contributed by atoms with Gasteiger partial charge in [-0.1, -0.05) is 36.8 Å².